The smallest absolute Gasteiger partial charge is 0.266 e. The second-order valence-corrected chi connectivity index (χ2v) is 6.16. The fourth-order valence-electron chi connectivity index (χ4n) is 1.81. The SMILES string of the molecule is CSc1ccc(/C=C(\C#N)C(=O)Nc2cccc(Cl)c2Cl)cc1. The lowest BCUT2D eigenvalue weighted by atomic mass is 10.1. The second-order valence-electron chi connectivity index (χ2n) is 4.50. The highest BCUT2D eigenvalue weighted by atomic mass is 35.5. The summed E-state index contributed by atoms with van der Waals surface area (Å²) in [6.45, 7) is 0. The Kier molecular flexibility index (Phi) is 6.12. The first kappa shape index (κ1) is 17.4. The molecule has 0 bridgehead atoms. The van der Waals surface area contributed by atoms with Crippen molar-refractivity contribution in [2.45, 2.75) is 4.90 Å². The normalized spacial score (nSPS) is 11.0. The van der Waals surface area contributed by atoms with Crippen LogP contribution < -0.4 is 5.32 Å². The van der Waals surface area contributed by atoms with Crippen molar-refractivity contribution in [1.29, 1.82) is 5.26 Å². The summed E-state index contributed by atoms with van der Waals surface area (Å²) in [4.78, 5) is 13.3. The molecule has 0 radical (unpaired) electrons. The van der Waals surface area contributed by atoms with Crippen LogP contribution in [0.5, 0.6) is 0 Å². The number of halogens is 2. The number of benzene rings is 2. The fraction of sp³-hybridized carbons (Fsp3) is 0.0588. The average molecular weight is 363 g/mol. The van der Waals surface area contributed by atoms with E-state index in [0.717, 1.165) is 10.5 Å². The van der Waals surface area contributed by atoms with Crippen LogP contribution in [0.15, 0.2) is 52.9 Å². The summed E-state index contributed by atoms with van der Waals surface area (Å²) in [6.07, 6.45) is 3.51. The summed E-state index contributed by atoms with van der Waals surface area (Å²) in [5.74, 6) is -0.536. The maximum Gasteiger partial charge on any atom is 0.266 e. The Morgan fingerprint density at radius 2 is 1.91 bits per heavy atom. The predicted molar refractivity (Wildman–Crippen MR) is 96.9 cm³/mol. The Morgan fingerprint density at radius 1 is 1.22 bits per heavy atom. The summed E-state index contributed by atoms with van der Waals surface area (Å²) in [5.41, 5.74) is 1.12. The van der Waals surface area contributed by atoms with E-state index in [1.165, 1.54) is 6.08 Å². The molecule has 0 aromatic heterocycles. The molecule has 0 saturated heterocycles. The van der Waals surface area contributed by atoms with Crippen molar-refractivity contribution in [1.82, 2.24) is 0 Å². The molecule has 0 fully saturated rings. The number of nitrogens with zero attached hydrogens (tertiary/aromatic N) is 1. The van der Waals surface area contributed by atoms with Crippen LogP contribution in [0.1, 0.15) is 5.56 Å². The summed E-state index contributed by atoms with van der Waals surface area (Å²) in [6, 6.07) is 14.4. The second kappa shape index (κ2) is 8.07. The quantitative estimate of drug-likeness (QED) is 0.458. The number of anilines is 1. The third-order valence-corrected chi connectivity index (χ3v) is 4.55. The lowest BCUT2D eigenvalue weighted by Crippen LogP contribution is -2.13. The van der Waals surface area contributed by atoms with Gasteiger partial charge in [0.2, 0.25) is 0 Å². The van der Waals surface area contributed by atoms with Gasteiger partial charge in [-0.25, -0.2) is 0 Å². The minimum Gasteiger partial charge on any atom is -0.320 e. The number of carbonyl (C=O) groups is 1. The van der Waals surface area contributed by atoms with Crippen molar-refractivity contribution < 1.29 is 4.79 Å². The van der Waals surface area contributed by atoms with Gasteiger partial charge in [0.25, 0.3) is 5.91 Å². The van der Waals surface area contributed by atoms with Crippen LogP contribution in [0.2, 0.25) is 10.0 Å². The van der Waals surface area contributed by atoms with Gasteiger partial charge in [0.15, 0.2) is 0 Å². The Balaban J connectivity index is 2.22. The van der Waals surface area contributed by atoms with E-state index >= 15 is 0 Å². The van der Waals surface area contributed by atoms with Crippen molar-refractivity contribution in [3.63, 3.8) is 0 Å². The number of hydrogen-bond acceptors (Lipinski definition) is 3. The summed E-state index contributed by atoms with van der Waals surface area (Å²) < 4.78 is 0. The van der Waals surface area contributed by atoms with E-state index in [4.69, 9.17) is 23.2 Å². The first-order valence-corrected chi connectivity index (χ1v) is 8.54. The minimum absolute atomic E-state index is 0.0158. The molecule has 0 aliphatic heterocycles. The zero-order chi connectivity index (χ0) is 16.8. The van der Waals surface area contributed by atoms with Crippen molar-refractivity contribution in [3.05, 3.63) is 63.6 Å². The van der Waals surface area contributed by atoms with Crippen molar-refractivity contribution in [2.24, 2.45) is 0 Å². The molecular weight excluding hydrogens is 351 g/mol. The molecule has 6 heteroatoms. The zero-order valence-electron chi connectivity index (χ0n) is 12.1. The first-order chi connectivity index (χ1) is 11.0. The van der Waals surface area contributed by atoms with E-state index in [1.807, 2.05) is 36.6 Å². The zero-order valence-corrected chi connectivity index (χ0v) is 14.5. The number of carbonyl (C=O) groups excluding carboxylic acids is 1. The van der Waals surface area contributed by atoms with Gasteiger partial charge in [-0.3, -0.25) is 4.79 Å². The molecule has 2 rings (SSSR count). The number of thioether (sulfide) groups is 1. The average Bonchev–Trinajstić information content (AvgIpc) is 2.57. The number of hydrogen-bond donors (Lipinski definition) is 1. The molecule has 2 aromatic rings. The summed E-state index contributed by atoms with van der Waals surface area (Å²) >= 11 is 13.6. The lowest BCUT2D eigenvalue weighted by Gasteiger charge is -2.07. The van der Waals surface area contributed by atoms with Crippen LogP contribution in [-0.2, 0) is 4.79 Å². The van der Waals surface area contributed by atoms with Gasteiger partial charge in [-0.2, -0.15) is 5.26 Å². The molecule has 0 heterocycles. The molecule has 2 aromatic carbocycles. The molecule has 0 saturated carbocycles. The van der Waals surface area contributed by atoms with E-state index in [-0.39, 0.29) is 10.6 Å². The first-order valence-electron chi connectivity index (χ1n) is 6.56. The van der Waals surface area contributed by atoms with E-state index < -0.39 is 5.91 Å². The molecule has 0 spiro atoms. The molecule has 116 valence electrons. The van der Waals surface area contributed by atoms with Crippen molar-refractivity contribution in [2.75, 3.05) is 11.6 Å². The maximum absolute atomic E-state index is 12.2. The van der Waals surface area contributed by atoms with Gasteiger partial charge in [0, 0.05) is 4.90 Å². The standard InChI is InChI=1S/C17H12Cl2N2OS/c1-23-13-7-5-11(6-8-13)9-12(10-20)17(22)21-15-4-2-3-14(18)16(15)19/h2-9H,1H3,(H,21,22)/b12-9+. The van der Waals surface area contributed by atoms with Crippen LogP contribution in [0, 0.1) is 11.3 Å². The molecule has 1 amide bonds. The Hall–Kier alpha value is -1.93. The maximum atomic E-state index is 12.2. The number of nitrogens with one attached hydrogen (secondary N) is 1. The van der Waals surface area contributed by atoms with Gasteiger partial charge in [-0.05, 0) is 42.2 Å². The van der Waals surface area contributed by atoms with E-state index in [9.17, 15) is 10.1 Å². The Labute approximate surface area is 148 Å². The number of rotatable bonds is 4. The van der Waals surface area contributed by atoms with Crippen LogP contribution >= 0.6 is 35.0 Å². The highest BCUT2D eigenvalue weighted by Gasteiger charge is 2.12. The highest BCUT2D eigenvalue weighted by molar-refractivity contribution is 7.98. The van der Waals surface area contributed by atoms with Crippen LogP contribution in [-0.4, -0.2) is 12.2 Å². The highest BCUT2D eigenvalue weighted by Crippen LogP contribution is 2.29. The van der Waals surface area contributed by atoms with Gasteiger partial charge >= 0.3 is 0 Å². The minimum atomic E-state index is -0.536. The van der Waals surface area contributed by atoms with Gasteiger partial charge in [0.05, 0.1) is 15.7 Å². The van der Waals surface area contributed by atoms with E-state index in [1.54, 1.807) is 30.0 Å². The van der Waals surface area contributed by atoms with E-state index in [0.29, 0.717) is 10.7 Å². The van der Waals surface area contributed by atoms with Gasteiger partial charge in [-0.15, -0.1) is 11.8 Å². The Morgan fingerprint density at radius 3 is 2.52 bits per heavy atom. The van der Waals surface area contributed by atoms with Crippen LogP contribution in [0.25, 0.3) is 6.08 Å². The largest absolute Gasteiger partial charge is 0.320 e. The molecule has 3 nitrogen and oxygen atoms in total. The summed E-state index contributed by atoms with van der Waals surface area (Å²) in [7, 11) is 0. The third kappa shape index (κ3) is 4.52. The lowest BCUT2D eigenvalue weighted by molar-refractivity contribution is -0.112. The number of nitriles is 1. The molecule has 1 N–H and O–H groups in total. The summed E-state index contributed by atoms with van der Waals surface area (Å²) in [5, 5.41) is 12.4. The molecule has 0 aliphatic rings. The number of amides is 1. The molecular formula is C17H12Cl2N2OS. The molecule has 0 aliphatic carbocycles. The topological polar surface area (TPSA) is 52.9 Å². The fourth-order valence-corrected chi connectivity index (χ4v) is 2.56. The van der Waals surface area contributed by atoms with Crippen LogP contribution in [0.3, 0.4) is 0 Å². The Bertz CT molecular complexity index is 795. The molecule has 23 heavy (non-hydrogen) atoms. The van der Waals surface area contributed by atoms with Gasteiger partial charge in [0.1, 0.15) is 11.6 Å². The monoisotopic (exact) mass is 362 g/mol. The molecule has 0 atom stereocenters. The third-order valence-electron chi connectivity index (χ3n) is 2.99. The van der Waals surface area contributed by atoms with Crippen molar-refractivity contribution in [3.8, 4) is 6.07 Å². The van der Waals surface area contributed by atoms with E-state index in [2.05, 4.69) is 5.32 Å². The van der Waals surface area contributed by atoms with Crippen molar-refractivity contribution >= 4 is 52.6 Å². The van der Waals surface area contributed by atoms with Gasteiger partial charge in [-0.1, -0.05) is 41.4 Å². The van der Waals surface area contributed by atoms with Crippen LogP contribution in [0.4, 0.5) is 5.69 Å². The van der Waals surface area contributed by atoms with Gasteiger partial charge < -0.3 is 5.32 Å². The predicted octanol–water partition coefficient (Wildman–Crippen LogP) is 5.26. The molecule has 0 unspecified atom stereocenters.